The molecule has 1 aromatic rings. The predicted molar refractivity (Wildman–Crippen MR) is 77.1 cm³/mol. The topological polar surface area (TPSA) is 52.6 Å². The summed E-state index contributed by atoms with van der Waals surface area (Å²) >= 11 is 0. The summed E-state index contributed by atoms with van der Waals surface area (Å²) in [5, 5.41) is 12.7. The summed E-state index contributed by atoms with van der Waals surface area (Å²) < 4.78 is 0. The first-order chi connectivity index (χ1) is 9.10. The maximum absolute atomic E-state index is 12.2. The first-order valence-electron chi connectivity index (χ1n) is 6.89. The van der Waals surface area contributed by atoms with Crippen LogP contribution in [0.25, 0.3) is 0 Å². The van der Waals surface area contributed by atoms with Crippen molar-refractivity contribution in [3.05, 3.63) is 29.8 Å². The van der Waals surface area contributed by atoms with Crippen molar-refractivity contribution in [2.24, 2.45) is 0 Å². The van der Waals surface area contributed by atoms with E-state index >= 15 is 0 Å². The van der Waals surface area contributed by atoms with Crippen molar-refractivity contribution in [1.82, 2.24) is 10.2 Å². The van der Waals surface area contributed by atoms with Gasteiger partial charge in [-0.2, -0.15) is 0 Å². The van der Waals surface area contributed by atoms with Crippen LogP contribution in [-0.4, -0.2) is 35.5 Å². The zero-order valence-electron chi connectivity index (χ0n) is 12.0. The van der Waals surface area contributed by atoms with Crippen molar-refractivity contribution in [3.8, 4) is 5.75 Å². The number of nitrogens with zero attached hydrogens (tertiary/aromatic N) is 1. The largest absolute Gasteiger partial charge is 0.508 e. The van der Waals surface area contributed by atoms with E-state index < -0.39 is 0 Å². The standard InChI is InChI=1S/C15H24N2O2/c1-4-16-10-9-15(19)17(5-2)12(3)13-7-6-8-14(18)11-13/h6-8,11-12,16,18H,4-5,9-10H2,1-3H3. The summed E-state index contributed by atoms with van der Waals surface area (Å²) in [7, 11) is 0. The minimum atomic E-state index is -0.0220. The number of carbonyl (C=O) groups is 1. The minimum Gasteiger partial charge on any atom is -0.508 e. The third-order valence-electron chi connectivity index (χ3n) is 3.25. The highest BCUT2D eigenvalue weighted by atomic mass is 16.3. The van der Waals surface area contributed by atoms with Crippen LogP contribution in [0, 0.1) is 0 Å². The summed E-state index contributed by atoms with van der Waals surface area (Å²) in [5.74, 6) is 0.375. The number of phenolic OH excluding ortho intramolecular Hbond substituents is 1. The third kappa shape index (κ3) is 4.56. The molecule has 1 unspecified atom stereocenters. The molecule has 4 heteroatoms. The van der Waals surface area contributed by atoms with E-state index in [1.54, 1.807) is 18.2 Å². The van der Waals surface area contributed by atoms with Crippen LogP contribution in [0.15, 0.2) is 24.3 Å². The first-order valence-corrected chi connectivity index (χ1v) is 6.89. The second-order valence-electron chi connectivity index (χ2n) is 4.55. The van der Waals surface area contributed by atoms with E-state index in [1.807, 2.05) is 31.7 Å². The maximum atomic E-state index is 12.2. The molecule has 0 heterocycles. The van der Waals surface area contributed by atoms with Gasteiger partial charge >= 0.3 is 0 Å². The Morgan fingerprint density at radius 2 is 2.16 bits per heavy atom. The average Bonchev–Trinajstić information content (AvgIpc) is 2.39. The van der Waals surface area contributed by atoms with Crippen LogP contribution in [0.3, 0.4) is 0 Å². The van der Waals surface area contributed by atoms with Crippen LogP contribution in [0.1, 0.15) is 38.8 Å². The Morgan fingerprint density at radius 1 is 1.42 bits per heavy atom. The summed E-state index contributed by atoms with van der Waals surface area (Å²) in [5.41, 5.74) is 0.957. The molecule has 0 fully saturated rings. The number of carbonyl (C=O) groups excluding carboxylic acids is 1. The average molecular weight is 264 g/mol. The Kier molecular flexibility index (Phi) is 6.36. The third-order valence-corrected chi connectivity index (χ3v) is 3.25. The summed E-state index contributed by atoms with van der Waals surface area (Å²) in [6.45, 7) is 8.24. The van der Waals surface area contributed by atoms with Gasteiger partial charge in [-0.3, -0.25) is 4.79 Å². The second kappa shape index (κ2) is 7.79. The van der Waals surface area contributed by atoms with Gasteiger partial charge in [-0.05, 0) is 38.1 Å². The van der Waals surface area contributed by atoms with Crippen LogP contribution in [0.5, 0.6) is 5.75 Å². The van der Waals surface area contributed by atoms with Crippen LogP contribution in [-0.2, 0) is 4.79 Å². The Bertz CT molecular complexity index is 407. The highest BCUT2D eigenvalue weighted by Gasteiger charge is 2.19. The molecule has 2 N–H and O–H groups in total. The zero-order chi connectivity index (χ0) is 14.3. The smallest absolute Gasteiger partial charge is 0.224 e. The van der Waals surface area contributed by atoms with Gasteiger partial charge in [-0.15, -0.1) is 0 Å². The molecule has 0 spiro atoms. The van der Waals surface area contributed by atoms with E-state index in [2.05, 4.69) is 5.32 Å². The molecule has 0 aliphatic heterocycles. The lowest BCUT2D eigenvalue weighted by Gasteiger charge is -2.28. The Labute approximate surface area is 115 Å². The lowest BCUT2D eigenvalue weighted by atomic mass is 10.1. The SMILES string of the molecule is CCNCCC(=O)N(CC)C(C)c1cccc(O)c1. The normalized spacial score (nSPS) is 12.2. The maximum Gasteiger partial charge on any atom is 0.224 e. The first kappa shape index (κ1) is 15.5. The molecule has 106 valence electrons. The van der Waals surface area contributed by atoms with E-state index in [0.717, 1.165) is 12.1 Å². The molecule has 1 amide bonds. The van der Waals surface area contributed by atoms with Gasteiger partial charge in [-0.25, -0.2) is 0 Å². The molecule has 0 saturated heterocycles. The van der Waals surface area contributed by atoms with Crippen LogP contribution >= 0.6 is 0 Å². The molecule has 1 atom stereocenters. The molecule has 1 aromatic carbocycles. The van der Waals surface area contributed by atoms with Gasteiger partial charge in [0.05, 0.1) is 6.04 Å². The molecule has 0 aromatic heterocycles. The fraction of sp³-hybridized carbons (Fsp3) is 0.533. The van der Waals surface area contributed by atoms with Crippen LogP contribution in [0.4, 0.5) is 0 Å². The van der Waals surface area contributed by atoms with Crippen molar-refractivity contribution in [2.75, 3.05) is 19.6 Å². The molecule has 4 nitrogen and oxygen atoms in total. The van der Waals surface area contributed by atoms with Gasteiger partial charge in [0.2, 0.25) is 5.91 Å². The number of hydrogen-bond acceptors (Lipinski definition) is 3. The van der Waals surface area contributed by atoms with Gasteiger partial charge in [0.15, 0.2) is 0 Å². The monoisotopic (exact) mass is 264 g/mol. The zero-order valence-corrected chi connectivity index (χ0v) is 12.0. The van der Waals surface area contributed by atoms with Gasteiger partial charge in [0, 0.05) is 19.5 Å². The number of phenols is 1. The summed E-state index contributed by atoms with van der Waals surface area (Å²) in [6, 6.07) is 7.07. The van der Waals surface area contributed by atoms with E-state index in [4.69, 9.17) is 0 Å². The van der Waals surface area contributed by atoms with Crippen molar-refractivity contribution in [3.63, 3.8) is 0 Å². The summed E-state index contributed by atoms with van der Waals surface area (Å²) in [4.78, 5) is 14.0. The number of amides is 1. The Morgan fingerprint density at radius 3 is 2.74 bits per heavy atom. The highest BCUT2D eigenvalue weighted by molar-refractivity contribution is 5.76. The lowest BCUT2D eigenvalue weighted by molar-refractivity contribution is -0.133. The van der Waals surface area contributed by atoms with Crippen molar-refractivity contribution in [2.45, 2.75) is 33.2 Å². The highest BCUT2D eigenvalue weighted by Crippen LogP contribution is 2.23. The van der Waals surface area contributed by atoms with E-state index in [0.29, 0.717) is 19.5 Å². The molecule has 0 saturated carbocycles. The van der Waals surface area contributed by atoms with E-state index in [-0.39, 0.29) is 17.7 Å². The number of rotatable bonds is 7. The van der Waals surface area contributed by atoms with Gasteiger partial charge in [-0.1, -0.05) is 19.1 Å². The fourth-order valence-electron chi connectivity index (χ4n) is 2.15. The molecule has 1 rings (SSSR count). The predicted octanol–water partition coefficient (Wildman–Crippen LogP) is 2.30. The molecule has 0 radical (unpaired) electrons. The Balaban J connectivity index is 2.70. The van der Waals surface area contributed by atoms with E-state index in [1.165, 1.54) is 0 Å². The number of hydrogen-bond donors (Lipinski definition) is 2. The van der Waals surface area contributed by atoms with Gasteiger partial charge < -0.3 is 15.3 Å². The minimum absolute atomic E-state index is 0.0220. The number of nitrogens with one attached hydrogen (secondary N) is 1. The number of benzene rings is 1. The van der Waals surface area contributed by atoms with Crippen LogP contribution < -0.4 is 5.32 Å². The van der Waals surface area contributed by atoms with Gasteiger partial charge in [0.1, 0.15) is 5.75 Å². The van der Waals surface area contributed by atoms with Crippen LogP contribution in [0.2, 0.25) is 0 Å². The second-order valence-corrected chi connectivity index (χ2v) is 4.55. The van der Waals surface area contributed by atoms with Crippen molar-refractivity contribution in [1.29, 1.82) is 0 Å². The molecule has 0 bridgehead atoms. The fourth-order valence-corrected chi connectivity index (χ4v) is 2.15. The lowest BCUT2D eigenvalue weighted by Crippen LogP contribution is -2.35. The molecule has 0 aliphatic rings. The summed E-state index contributed by atoms with van der Waals surface area (Å²) in [6.07, 6.45) is 0.505. The molecular formula is C15H24N2O2. The van der Waals surface area contributed by atoms with Gasteiger partial charge in [0.25, 0.3) is 0 Å². The van der Waals surface area contributed by atoms with Crippen molar-refractivity contribution >= 4 is 5.91 Å². The van der Waals surface area contributed by atoms with E-state index in [9.17, 15) is 9.90 Å². The Hall–Kier alpha value is -1.55. The van der Waals surface area contributed by atoms with Crippen molar-refractivity contribution < 1.29 is 9.90 Å². The quantitative estimate of drug-likeness (QED) is 0.743. The number of aromatic hydroxyl groups is 1. The molecule has 19 heavy (non-hydrogen) atoms. The molecular weight excluding hydrogens is 240 g/mol. The molecule has 0 aliphatic carbocycles.